The second kappa shape index (κ2) is 5.15. The first kappa shape index (κ1) is 13.5. The van der Waals surface area contributed by atoms with Crippen LogP contribution in [0.25, 0.3) is 0 Å². The lowest BCUT2D eigenvalue weighted by Gasteiger charge is -2.52. The largest absolute Gasteiger partial charge is 0.480 e. The van der Waals surface area contributed by atoms with E-state index >= 15 is 0 Å². The minimum atomic E-state index is -0.751. The lowest BCUT2D eigenvalue weighted by atomic mass is 9.64. The maximum absolute atomic E-state index is 11.0. The van der Waals surface area contributed by atoms with E-state index in [1.807, 2.05) is 6.92 Å². The molecular weight excluding hydrogens is 206 g/mol. The summed E-state index contributed by atoms with van der Waals surface area (Å²) in [5, 5.41) is 12.3. The zero-order valence-corrected chi connectivity index (χ0v) is 10.6. The van der Waals surface area contributed by atoms with Crippen molar-refractivity contribution in [3.8, 4) is 0 Å². The number of methoxy groups -OCH3 is 1. The second-order valence-corrected chi connectivity index (χ2v) is 5.18. The van der Waals surface area contributed by atoms with Gasteiger partial charge in [-0.1, -0.05) is 27.2 Å². The molecule has 2 N–H and O–H groups in total. The number of ether oxygens (including phenoxy) is 1. The van der Waals surface area contributed by atoms with Gasteiger partial charge < -0.3 is 15.2 Å². The van der Waals surface area contributed by atoms with Gasteiger partial charge in [0.2, 0.25) is 0 Å². The van der Waals surface area contributed by atoms with Gasteiger partial charge in [-0.3, -0.25) is 4.79 Å². The van der Waals surface area contributed by atoms with Crippen molar-refractivity contribution in [1.29, 1.82) is 0 Å². The Morgan fingerprint density at radius 3 is 2.62 bits per heavy atom. The van der Waals surface area contributed by atoms with E-state index in [0.29, 0.717) is 6.42 Å². The van der Waals surface area contributed by atoms with Crippen molar-refractivity contribution in [3.05, 3.63) is 0 Å². The fourth-order valence-electron chi connectivity index (χ4n) is 2.38. The Kier molecular flexibility index (Phi) is 4.33. The average Bonchev–Trinajstić information content (AvgIpc) is 2.21. The molecule has 0 aromatic rings. The minimum absolute atomic E-state index is 0.0240. The molecule has 4 nitrogen and oxygen atoms in total. The quantitative estimate of drug-likeness (QED) is 0.727. The zero-order chi connectivity index (χ0) is 12.3. The van der Waals surface area contributed by atoms with Gasteiger partial charge in [-0.25, -0.2) is 0 Å². The van der Waals surface area contributed by atoms with Crippen molar-refractivity contribution >= 4 is 5.97 Å². The van der Waals surface area contributed by atoms with Crippen LogP contribution in [0.2, 0.25) is 0 Å². The fraction of sp³-hybridized carbons (Fsp3) is 0.917. The number of hydrogen-bond acceptors (Lipinski definition) is 3. The molecule has 0 radical (unpaired) electrons. The number of aliphatic carboxylic acids is 1. The Morgan fingerprint density at radius 1 is 1.62 bits per heavy atom. The highest BCUT2D eigenvalue weighted by Gasteiger charge is 2.49. The minimum Gasteiger partial charge on any atom is -0.480 e. The van der Waals surface area contributed by atoms with Crippen LogP contribution < -0.4 is 5.32 Å². The summed E-state index contributed by atoms with van der Waals surface area (Å²) in [5.41, 5.74) is 0.0240. The molecule has 0 spiro atoms. The Bertz CT molecular complexity index is 253. The number of hydrogen-bond donors (Lipinski definition) is 2. The van der Waals surface area contributed by atoms with E-state index in [1.54, 1.807) is 7.11 Å². The van der Waals surface area contributed by atoms with Gasteiger partial charge in [0.25, 0.3) is 0 Å². The Labute approximate surface area is 97.4 Å². The summed E-state index contributed by atoms with van der Waals surface area (Å²) in [7, 11) is 1.71. The van der Waals surface area contributed by atoms with Crippen LogP contribution in [0.1, 0.15) is 40.0 Å². The molecule has 0 aromatic carbocycles. The molecule has 0 aromatic heterocycles. The van der Waals surface area contributed by atoms with Gasteiger partial charge in [-0.2, -0.15) is 0 Å². The predicted octanol–water partition coefficient (Wildman–Crippen LogP) is 1.64. The molecule has 0 saturated heterocycles. The Hall–Kier alpha value is -0.610. The van der Waals surface area contributed by atoms with Gasteiger partial charge in [0, 0.05) is 18.6 Å². The summed E-state index contributed by atoms with van der Waals surface area (Å²) in [4.78, 5) is 11.0. The van der Waals surface area contributed by atoms with Crippen molar-refractivity contribution in [2.75, 3.05) is 7.11 Å². The van der Waals surface area contributed by atoms with Crippen LogP contribution in [-0.2, 0) is 9.53 Å². The molecule has 3 unspecified atom stereocenters. The van der Waals surface area contributed by atoms with E-state index in [1.165, 1.54) is 0 Å². The van der Waals surface area contributed by atoms with Gasteiger partial charge in [0.1, 0.15) is 6.04 Å². The number of carboxylic acid groups (broad SMARTS) is 1. The first-order valence-corrected chi connectivity index (χ1v) is 5.95. The third-order valence-electron chi connectivity index (χ3n) is 3.74. The molecular formula is C12H23NO3. The third-order valence-corrected chi connectivity index (χ3v) is 3.74. The molecule has 16 heavy (non-hydrogen) atoms. The molecule has 1 rings (SSSR count). The number of rotatable bonds is 6. The van der Waals surface area contributed by atoms with Gasteiger partial charge in [-0.05, 0) is 12.8 Å². The van der Waals surface area contributed by atoms with Gasteiger partial charge in [0.05, 0.1) is 6.10 Å². The average molecular weight is 229 g/mol. The van der Waals surface area contributed by atoms with Crippen LogP contribution in [-0.4, -0.2) is 36.4 Å². The third kappa shape index (κ3) is 2.55. The highest BCUT2D eigenvalue weighted by atomic mass is 16.5. The van der Waals surface area contributed by atoms with Gasteiger partial charge in [0.15, 0.2) is 0 Å². The number of carboxylic acids is 1. The standard InChI is InChI=1S/C12H23NO3/c1-5-6-8(11(14)15)13-9-7-10(16-4)12(9,2)3/h8-10,13H,5-7H2,1-4H3,(H,14,15). The molecule has 0 aliphatic heterocycles. The highest BCUT2D eigenvalue weighted by Crippen LogP contribution is 2.42. The molecule has 0 heterocycles. The van der Waals surface area contributed by atoms with E-state index < -0.39 is 12.0 Å². The van der Waals surface area contributed by atoms with Crippen LogP contribution >= 0.6 is 0 Å². The summed E-state index contributed by atoms with van der Waals surface area (Å²) in [6.07, 6.45) is 2.70. The molecule has 1 fully saturated rings. The second-order valence-electron chi connectivity index (χ2n) is 5.18. The maximum Gasteiger partial charge on any atom is 0.320 e. The first-order valence-electron chi connectivity index (χ1n) is 5.95. The van der Waals surface area contributed by atoms with Crippen LogP contribution in [0.5, 0.6) is 0 Å². The van der Waals surface area contributed by atoms with Gasteiger partial charge in [-0.15, -0.1) is 0 Å². The molecule has 0 bridgehead atoms. The normalized spacial score (nSPS) is 29.5. The van der Waals surface area contributed by atoms with Gasteiger partial charge >= 0.3 is 5.97 Å². The lowest BCUT2D eigenvalue weighted by Crippen LogP contribution is -2.63. The monoisotopic (exact) mass is 229 g/mol. The fourth-order valence-corrected chi connectivity index (χ4v) is 2.38. The first-order chi connectivity index (χ1) is 7.43. The molecule has 1 aliphatic carbocycles. The van der Waals surface area contributed by atoms with Crippen LogP contribution in [0.3, 0.4) is 0 Å². The van der Waals surface area contributed by atoms with E-state index in [0.717, 1.165) is 12.8 Å². The molecule has 94 valence electrons. The maximum atomic E-state index is 11.0. The van der Waals surface area contributed by atoms with E-state index in [4.69, 9.17) is 9.84 Å². The van der Waals surface area contributed by atoms with Crippen LogP contribution in [0, 0.1) is 5.41 Å². The van der Waals surface area contributed by atoms with Crippen LogP contribution in [0.15, 0.2) is 0 Å². The molecule has 3 atom stereocenters. The summed E-state index contributed by atoms with van der Waals surface area (Å²) in [5.74, 6) is -0.751. The Balaban J connectivity index is 2.51. The van der Waals surface area contributed by atoms with E-state index in [9.17, 15) is 4.79 Å². The summed E-state index contributed by atoms with van der Waals surface area (Å²) >= 11 is 0. The summed E-state index contributed by atoms with van der Waals surface area (Å²) in [6, 6.07) is -0.183. The Morgan fingerprint density at radius 2 is 2.25 bits per heavy atom. The van der Waals surface area contributed by atoms with Crippen molar-refractivity contribution < 1.29 is 14.6 Å². The van der Waals surface area contributed by atoms with Crippen LogP contribution in [0.4, 0.5) is 0 Å². The van der Waals surface area contributed by atoms with Crippen molar-refractivity contribution in [2.24, 2.45) is 5.41 Å². The molecule has 1 saturated carbocycles. The molecule has 4 heteroatoms. The number of nitrogens with one attached hydrogen (secondary N) is 1. The van der Waals surface area contributed by atoms with E-state index in [-0.39, 0.29) is 17.6 Å². The topological polar surface area (TPSA) is 58.6 Å². The summed E-state index contributed by atoms with van der Waals surface area (Å²) in [6.45, 7) is 6.24. The smallest absolute Gasteiger partial charge is 0.320 e. The van der Waals surface area contributed by atoms with Crippen molar-refractivity contribution in [1.82, 2.24) is 5.32 Å². The molecule has 1 aliphatic rings. The predicted molar refractivity (Wildman–Crippen MR) is 62.5 cm³/mol. The van der Waals surface area contributed by atoms with Crippen molar-refractivity contribution in [3.63, 3.8) is 0 Å². The number of carbonyl (C=O) groups is 1. The lowest BCUT2D eigenvalue weighted by molar-refractivity contribution is -0.143. The summed E-state index contributed by atoms with van der Waals surface area (Å²) < 4.78 is 5.35. The van der Waals surface area contributed by atoms with Crippen molar-refractivity contribution in [2.45, 2.75) is 58.2 Å². The highest BCUT2D eigenvalue weighted by molar-refractivity contribution is 5.73. The molecule has 0 amide bonds. The van der Waals surface area contributed by atoms with E-state index in [2.05, 4.69) is 19.2 Å². The SMILES string of the molecule is CCCC(NC1CC(OC)C1(C)C)C(=O)O. The zero-order valence-electron chi connectivity index (χ0n) is 10.6.